The van der Waals surface area contributed by atoms with Crippen LogP contribution in [0.15, 0.2) is 70.7 Å². The standard InChI is InChI=1S/C24H27N3O3S2/c1-18(20-10-9-19-7-3-4-8-21(19)15-20)26-23(28)17-31-24-12-11-22(16-25-24)32(29,30)27-13-5-2-6-14-27/h3-4,7-12,15-16,18H,2,5-6,13-14,17H2,1H3,(H,26,28). The van der Waals surface area contributed by atoms with Gasteiger partial charge in [-0.1, -0.05) is 54.6 Å². The zero-order valence-corrected chi connectivity index (χ0v) is 19.7. The Morgan fingerprint density at radius 1 is 1.06 bits per heavy atom. The van der Waals surface area contributed by atoms with Gasteiger partial charge in [0.25, 0.3) is 0 Å². The van der Waals surface area contributed by atoms with E-state index in [-0.39, 0.29) is 22.6 Å². The van der Waals surface area contributed by atoms with Gasteiger partial charge in [0.2, 0.25) is 15.9 Å². The molecule has 8 heteroatoms. The molecule has 0 aliphatic carbocycles. The van der Waals surface area contributed by atoms with Gasteiger partial charge >= 0.3 is 0 Å². The largest absolute Gasteiger partial charge is 0.349 e. The zero-order valence-electron chi connectivity index (χ0n) is 18.0. The predicted octanol–water partition coefficient (Wildman–Crippen LogP) is 4.38. The van der Waals surface area contributed by atoms with E-state index in [4.69, 9.17) is 0 Å². The fourth-order valence-electron chi connectivity index (χ4n) is 3.84. The number of hydrogen-bond acceptors (Lipinski definition) is 5. The fraction of sp³-hybridized carbons (Fsp3) is 0.333. The average Bonchev–Trinajstić information content (AvgIpc) is 2.83. The van der Waals surface area contributed by atoms with E-state index in [1.807, 2.05) is 25.1 Å². The smallest absolute Gasteiger partial charge is 0.244 e. The predicted molar refractivity (Wildman–Crippen MR) is 128 cm³/mol. The lowest BCUT2D eigenvalue weighted by molar-refractivity contribution is -0.119. The van der Waals surface area contributed by atoms with Crippen molar-refractivity contribution in [3.63, 3.8) is 0 Å². The van der Waals surface area contributed by atoms with Gasteiger partial charge in [-0.05, 0) is 54.3 Å². The lowest BCUT2D eigenvalue weighted by atomic mass is 10.0. The third-order valence-corrected chi connectivity index (χ3v) is 8.49. The van der Waals surface area contributed by atoms with E-state index in [0.717, 1.165) is 30.2 Å². The first-order chi connectivity index (χ1) is 15.4. The van der Waals surface area contributed by atoms with Gasteiger partial charge in [-0.2, -0.15) is 4.31 Å². The molecule has 0 bridgehead atoms. The molecule has 1 N–H and O–H groups in total. The Bertz CT molecular complexity index is 1190. The summed E-state index contributed by atoms with van der Waals surface area (Å²) in [7, 11) is -3.49. The normalized spacial score (nSPS) is 16.0. The summed E-state index contributed by atoms with van der Waals surface area (Å²) < 4.78 is 27.0. The molecule has 0 radical (unpaired) electrons. The summed E-state index contributed by atoms with van der Waals surface area (Å²) in [6.45, 7) is 3.09. The number of pyridine rings is 1. The topological polar surface area (TPSA) is 79.4 Å². The molecular formula is C24H27N3O3S2. The minimum Gasteiger partial charge on any atom is -0.349 e. The van der Waals surface area contributed by atoms with E-state index >= 15 is 0 Å². The summed E-state index contributed by atoms with van der Waals surface area (Å²) in [5.74, 6) is 0.117. The van der Waals surface area contributed by atoms with Crippen molar-refractivity contribution in [2.75, 3.05) is 18.8 Å². The number of sulfonamides is 1. The Labute approximate surface area is 193 Å². The molecule has 1 aliphatic heterocycles. The van der Waals surface area contributed by atoms with Crippen LogP contribution >= 0.6 is 11.8 Å². The van der Waals surface area contributed by atoms with Crippen LogP contribution in [0.25, 0.3) is 10.8 Å². The highest BCUT2D eigenvalue weighted by Crippen LogP contribution is 2.23. The van der Waals surface area contributed by atoms with E-state index < -0.39 is 10.0 Å². The van der Waals surface area contributed by atoms with Gasteiger partial charge < -0.3 is 5.32 Å². The number of carbonyl (C=O) groups excluding carboxylic acids is 1. The number of nitrogens with zero attached hydrogens (tertiary/aromatic N) is 2. The van der Waals surface area contributed by atoms with Crippen LogP contribution in [-0.2, 0) is 14.8 Å². The van der Waals surface area contributed by atoms with Gasteiger partial charge in [-0.15, -0.1) is 0 Å². The lowest BCUT2D eigenvalue weighted by Gasteiger charge is -2.25. The maximum atomic E-state index is 12.7. The summed E-state index contributed by atoms with van der Waals surface area (Å²) in [6.07, 6.45) is 4.25. The number of benzene rings is 2. The molecule has 1 saturated heterocycles. The van der Waals surface area contributed by atoms with Crippen LogP contribution in [0.5, 0.6) is 0 Å². The highest BCUT2D eigenvalue weighted by molar-refractivity contribution is 7.99. The van der Waals surface area contributed by atoms with Crippen molar-refractivity contribution in [2.45, 2.75) is 42.1 Å². The number of hydrogen-bond donors (Lipinski definition) is 1. The van der Waals surface area contributed by atoms with Crippen LogP contribution in [0, 0.1) is 0 Å². The van der Waals surface area contributed by atoms with Gasteiger partial charge in [0.15, 0.2) is 0 Å². The van der Waals surface area contributed by atoms with Crippen molar-refractivity contribution in [1.29, 1.82) is 0 Å². The maximum Gasteiger partial charge on any atom is 0.244 e. The molecule has 1 amide bonds. The van der Waals surface area contributed by atoms with Crippen molar-refractivity contribution >= 4 is 38.5 Å². The Morgan fingerprint density at radius 2 is 1.81 bits per heavy atom. The highest BCUT2D eigenvalue weighted by atomic mass is 32.2. The van der Waals surface area contributed by atoms with Crippen molar-refractivity contribution in [1.82, 2.24) is 14.6 Å². The second-order valence-corrected chi connectivity index (χ2v) is 10.9. The number of fused-ring (bicyclic) bond motifs is 1. The van der Waals surface area contributed by atoms with E-state index in [1.165, 1.54) is 27.7 Å². The van der Waals surface area contributed by atoms with E-state index in [2.05, 4.69) is 34.6 Å². The first-order valence-electron chi connectivity index (χ1n) is 10.8. The van der Waals surface area contributed by atoms with Crippen LogP contribution in [0.3, 0.4) is 0 Å². The monoisotopic (exact) mass is 469 g/mol. The fourth-order valence-corrected chi connectivity index (χ4v) is 5.96. The Kier molecular flexibility index (Phi) is 7.13. The summed E-state index contributed by atoms with van der Waals surface area (Å²) >= 11 is 1.29. The van der Waals surface area contributed by atoms with Gasteiger partial charge in [0, 0.05) is 19.3 Å². The molecule has 2 aromatic carbocycles. The first kappa shape index (κ1) is 22.8. The number of aromatic nitrogens is 1. The summed E-state index contributed by atoms with van der Waals surface area (Å²) in [5.41, 5.74) is 1.05. The molecule has 1 aromatic heterocycles. The molecule has 0 spiro atoms. The van der Waals surface area contributed by atoms with Crippen LogP contribution < -0.4 is 5.32 Å². The van der Waals surface area contributed by atoms with Gasteiger partial charge in [0.1, 0.15) is 4.90 Å². The molecule has 168 valence electrons. The molecular weight excluding hydrogens is 442 g/mol. The summed E-state index contributed by atoms with van der Waals surface area (Å²) in [6, 6.07) is 17.5. The Morgan fingerprint density at radius 3 is 2.53 bits per heavy atom. The molecule has 32 heavy (non-hydrogen) atoms. The molecule has 1 unspecified atom stereocenters. The maximum absolute atomic E-state index is 12.7. The van der Waals surface area contributed by atoms with E-state index in [1.54, 1.807) is 12.1 Å². The number of thioether (sulfide) groups is 1. The molecule has 1 atom stereocenters. The number of piperidine rings is 1. The van der Waals surface area contributed by atoms with Crippen molar-refractivity contribution in [2.24, 2.45) is 0 Å². The molecule has 1 fully saturated rings. The first-order valence-corrected chi connectivity index (χ1v) is 13.2. The van der Waals surface area contributed by atoms with E-state index in [9.17, 15) is 13.2 Å². The Hall–Kier alpha value is -2.42. The van der Waals surface area contributed by atoms with Gasteiger partial charge in [0.05, 0.1) is 16.8 Å². The van der Waals surface area contributed by atoms with Crippen molar-refractivity contribution < 1.29 is 13.2 Å². The number of amides is 1. The second-order valence-electron chi connectivity index (χ2n) is 7.98. The van der Waals surface area contributed by atoms with E-state index in [0.29, 0.717) is 18.1 Å². The van der Waals surface area contributed by atoms with Crippen molar-refractivity contribution in [3.8, 4) is 0 Å². The quantitative estimate of drug-likeness (QED) is 0.520. The minimum absolute atomic E-state index is 0.0949. The van der Waals surface area contributed by atoms with Crippen LogP contribution in [0.1, 0.15) is 37.8 Å². The van der Waals surface area contributed by atoms with Crippen molar-refractivity contribution in [3.05, 3.63) is 66.4 Å². The lowest BCUT2D eigenvalue weighted by Crippen LogP contribution is -2.35. The summed E-state index contributed by atoms with van der Waals surface area (Å²) in [4.78, 5) is 16.9. The van der Waals surface area contributed by atoms with Gasteiger partial charge in [-0.25, -0.2) is 13.4 Å². The van der Waals surface area contributed by atoms with Crippen LogP contribution in [0.4, 0.5) is 0 Å². The molecule has 6 nitrogen and oxygen atoms in total. The van der Waals surface area contributed by atoms with Gasteiger partial charge in [-0.3, -0.25) is 4.79 Å². The molecule has 2 heterocycles. The third kappa shape index (κ3) is 5.31. The van der Waals surface area contributed by atoms with Crippen LogP contribution in [0.2, 0.25) is 0 Å². The molecule has 0 saturated carbocycles. The number of nitrogens with one attached hydrogen (secondary N) is 1. The molecule has 4 rings (SSSR count). The molecule has 1 aliphatic rings. The molecule has 3 aromatic rings. The third-order valence-electron chi connectivity index (χ3n) is 5.66. The number of carbonyl (C=O) groups is 1. The zero-order chi connectivity index (χ0) is 22.6. The minimum atomic E-state index is -3.49. The Balaban J connectivity index is 1.32. The summed E-state index contributed by atoms with van der Waals surface area (Å²) in [5, 5.41) is 5.95. The highest BCUT2D eigenvalue weighted by Gasteiger charge is 2.26. The van der Waals surface area contributed by atoms with Crippen LogP contribution in [-0.4, -0.2) is 42.5 Å². The number of rotatable bonds is 7. The SMILES string of the molecule is CC(NC(=O)CSc1ccc(S(=O)(=O)N2CCCCC2)cn1)c1ccc2ccccc2c1. The second kappa shape index (κ2) is 10.0. The average molecular weight is 470 g/mol.